The predicted molar refractivity (Wildman–Crippen MR) is 68.5 cm³/mol. The number of rotatable bonds is 3. The van der Waals surface area contributed by atoms with E-state index in [0.717, 1.165) is 5.52 Å². The van der Waals surface area contributed by atoms with Gasteiger partial charge in [-0.05, 0) is 37.3 Å². The predicted octanol–water partition coefficient (Wildman–Crippen LogP) is 2.38. The summed E-state index contributed by atoms with van der Waals surface area (Å²) in [7, 11) is 0. The lowest BCUT2D eigenvalue weighted by Crippen LogP contribution is -2.27. The average molecular weight is 261 g/mol. The van der Waals surface area contributed by atoms with E-state index in [-0.39, 0.29) is 16.7 Å². The molecule has 0 fully saturated rings. The molecule has 1 heterocycles. The van der Waals surface area contributed by atoms with Crippen molar-refractivity contribution in [1.29, 1.82) is 5.26 Å². The van der Waals surface area contributed by atoms with Gasteiger partial charge in [0.2, 0.25) is 0 Å². The summed E-state index contributed by atoms with van der Waals surface area (Å²) >= 11 is 4.86. The molecule has 18 heavy (non-hydrogen) atoms. The summed E-state index contributed by atoms with van der Waals surface area (Å²) in [5.74, 6) is -0.449. The van der Waals surface area contributed by atoms with Gasteiger partial charge in [0.1, 0.15) is 0 Å². The van der Waals surface area contributed by atoms with Crippen LogP contribution in [-0.2, 0) is 0 Å². The summed E-state index contributed by atoms with van der Waals surface area (Å²) in [6.45, 7) is 2.07. The summed E-state index contributed by atoms with van der Waals surface area (Å²) in [6.07, 6.45) is 0. The van der Waals surface area contributed by atoms with Gasteiger partial charge in [0.25, 0.3) is 10.7 Å². The van der Waals surface area contributed by atoms with E-state index in [2.05, 4.69) is 16.4 Å². The van der Waals surface area contributed by atoms with Gasteiger partial charge >= 0.3 is 0 Å². The third-order valence-corrected chi connectivity index (χ3v) is 2.66. The zero-order valence-corrected chi connectivity index (χ0v) is 10.5. The number of amides is 1. The highest BCUT2D eigenvalue weighted by Crippen LogP contribution is 2.15. The van der Waals surface area contributed by atoms with Gasteiger partial charge in [-0.2, -0.15) is 5.26 Å². The van der Waals surface area contributed by atoms with Crippen molar-refractivity contribution in [1.82, 2.24) is 10.3 Å². The van der Waals surface area contributed by atoms with Crippen molar-refractivity contribution in [3.63, 3.8) is 0 Å². The molecular weight excluding hydrogens is 250 g/mol. The number of carbonyl (C=O) groups excluding carboxylic acids is 1. The van der Waals surface area contributed by atoms with Crippen molar-refractivity contribution in [2.75, 3.05) is 6.54 Å². The molecule has 6 heteroatoms. The van der Waals surface area contributed by atoms with E-state index < -0.39 is 0 Å². The molecule has 0 aliphatic rings. The van der Waals surface area contributed by atoms with E-state index in [1.165, 1.54) is 0 Å². The molecule has 92 valence electrons. The Kier molecular flexibility index (Phi) is 3.44. The molecule has 0 aliphatic heterocycles. The van der Waals surface area contributed by atoms with Crippen molar-refractivity contribution < 1.29 is 9.21 Å². The Labute approximate surface area is 108 Å². The first-order chi connectivity index (χ1) is 8.60. The minimum atomic E-state index is -0.235. The Morgan fingerprint density at radius 2 is 2.44 bits per heavy atom. The number of hydrogen-bond acceptors (Lipinski definition) is 4. The first-order valence-electron chi connectivity index (χ1n) is 5.41. The summed E-state index contributed by atoms with van der Waals surface area (Å²) in [5.41, 5.74) is 1.77. The maximum atomic E-state index is 11.8. The Morgan fingerprint density at radius 3 is 3.17 bits per heavy atom. The van der Waals surface area contributed by atoms with Crippen LogP contribution in [0.25, 0.3) is 11.1 Å². The van der Waals surface area contributed by atoms with Gasteiger partial charge in [-0.3, -0.25) is 4.79 Å². The highest BCUT2D eigenvalue weighted by molar-refractivity contribution is 7.71. The fourth-order valence-corrected chi connectivity index (χ4v) is 1.68. The number of H-pyrrole nitrogens is 1. The van der Waals surface area contributed by atoms with Gasteiger partial charge in [0.15, 0.2) is 5.58 Å². The standard InChI is InChI=1S/C12H11N3O2S/c1-7(5-13)6-14-11(16)8-2-3-9-10(4-8)17-12(18)15-9/h2-4,7H,6H2,1H3,(H,14,16)(H,15,18)/t7-/m1/s1. The van der Waals surface area contributed by atoms with Crippen LogP contribution in [0.15, 0.2) is 22.6 Å². The number of nitrogens with one attached hydrogen (secondary N) is 2. The smallest absolute Gasteiger partial charge is 0.266 e. The normalized spacial score (nSPS) is 12.0. The summed E-state index contributed by atoms with van der Waals surface area (Å²) in [5, 5.41) is 11.3. The number of aromatic amines is 1. The van der Waals surface area contributed by atoms with Crippen molar-refractivity contribution in [3.8, 4) is 6.07 Å². The van der Waals surface area contributed by atoms with Crippen LogP contribution in [0.1, 0.15) is 17.3 Å². The first-order valence-corrected chi connectivity index (χ1v) is 5.81. The largest absolute Gasteiger partial charge is 0.429 e. The molecule has 0 bridgehead atoms. The number of nitriles is 1. The molecule has 2 N–H and O–H groups in total. The molecular formula is C12H11N3O2S. The molecule has 0 saturated heterocycles. The van der Waals surface area contributed by atoms with Gasteiger partial charge in [-0.15, -0.1) is 0 Å². The van der Waals surface area contributed by atoms with E-state index in [1.807, 2.05) is 0 Å². The summed E-state index contributed by atoms with van der Waals surface area (Å²) in [4.78, 5) is 15.0. The lowest BCUT2D eigenvalue weighted by atomic mass is 10.1. The maximum absolute atomic E-state index is 11.8. The molecule has 2 aromatic rings. The molecule has 5 nitrogen and oxygen atoms in total. The van der Waals surface area contributed by atoms with E-state index in [4.69, 9.17) is 21.9 Å². The van der Waals surface area contributed by atoms with Gasteiger partial charge in [0.05, 0.1) is 17.5 Å². The van der Waals surface area contributed by atoms with Gasteiger partial charge in [-0.25, -0.2) is 0 Å². The quantitative estimate of drug-likeness (QED) is 0.831. The molecule has 1 atom stereocenters. The molecule has 0 saturated carbocycles. The zero-order chi connectivity index (χ0) is 13.1. The molecule has 0 radical (unpaired) electrons. The number of nitrogens with zero attached hydrogens (tertiary/aromatic N) is 1. The number of aromatic nitrogens is 1. The van der Waals surface area contributed by atoms with Crippen LogP contribution in [-0.4, -0.2) is 17.4 Å². The topological polar surface area (TPSA) is 81.8 Å². The van der Waals surface area contributed by atoms with E-state index in [1.54, 1.807) is 25.1 Å². The van der Waals surface area contributed by atoms with Crippen LogP contribution >= 0.6 is 12.2 Å². The number of hydrogen-bond donors (Lipinski definition) is 2. The van der Waals surface area contributed by atoms with E-state index in [0.29, 0.717) is 17.7 Å². The van der Waals surface area contributed by atoms with Crippen LogP contribution in [0.5, 0.6) is 0 Å². The number of fused-ring (bicyclic) bond motifs is 1. The molecule has 0 unspecified atom stereocenters. The van der Waals surface area contributed by atoms with E-state index in [9.17, 15) is 4.79 Å². The second-order valence-electron chi connectivity index (χ2n) is 3.97. The Bertz CT molecular complexity index is 680. The highest BCUT2D eigenvalue weighted by Gasteiger charge is 2.09. The summed E-state index contributed by atoms with van der Waals surface area (Å²) < 4.78 is 5.23. The summed E-state index contributed by atoms with van der Waals surface area (Å²) in [6, 6.07) is 7.08. The Hall–Kier alpha value is -2.13. The van der Waals surface area contributed by atoms with Crippen molar-refractivity contribution in [2.24, 2.45) is 5.92 Å². The average Bonchev–Trinajstić information content (AvgIpc) is 2.74. The molecule has 0 spiro atoms. The lowest BCUT2D eigenvalue weighted by Gasteiger charge is -2.05. The Morgan fingerprint density at radius 1 is 1.67 bits per heavy atom. The minimum absolute atomic E-state index is 0.214. The van der Waals surface area contributed by atoms with Crippen LogP contribution in [0.4, 0.5) is 0 Å². The first kappa shape index (κ1) is 12.3. The SMILES string of the molecule is C[C@H](C#N)CNC(=O)c1ccc2[nH]c(=S)oc2c1. The van der Waals surface area contributed by atoms with Crippen molar-refractivity contribution >= 4 is 29.2 Å². The fourth-order valence-electron chi connectivity index (χ4n) is 1.48. The monoisotopic (exact) mass is 261 g/mol. The highest BCUT2D eigenvalue weighted by atomic mass is 32.1. The third kappa shape index (κ3) is 2.57. The zero-order valence-electron chi connectivity index (χ0n) is 9.69. The van der Waals surface area contributed by atoms with Crippen LogP contribution < -0.4 is 5.32 Å². The van der Waals surface area contributed by atoms with Gasteiger partial charge in [-0.1, -0.05) is 0 Å². The molecule has 1 amide bonds. The number of oxazole rings is 1. The molecule has 1 aromatic heterocycles. The van der Waals surface area contributed by atoms with E-state index >= 15 is 0 Å². The maximum Gasteiger partial charge on any atom is 0.266 e. The fraction of sp³-hybridized carbons (Fsp3) is 0.250. The van der Waals surface area contributed by atoms with Gasteiger partial charge < -0.3 is 14.7 Å². The van der Waals surface area contributed by atoms with Crippen LogP contribution in [0.3, 0.4) is 0 Å². The van der Waals surface area contributed by atoms with Crippen LogP contribution in [0.2, 0.25) is 0 Å². The third-order valence-electron chi connectivity index (χ3n) is 2.47. The molecule has 1 aromatic carbocycles. The van der Waals surface area contributed by atoms with Crippen LogP contribution in [0, 0.1) is 22.1 Å². The molecule has 0 aliphatic carbocycles. The lowest BCUT2D eigenvalue weighted by molar-refractivity contribution is 0.0951. The number of carbonyl (C=O) groups is 1. The van der Waals surface area contributed by atoms with Crippen molar-refractivity contribution in [2.45, 2.75) is 6.92 Å². The van der Waals surface area contributed by atoms with Crippen molar-refractivity contribution in [3.05, 3.63) is 28.6 Å². The second kappa shape index (κ2) is 5.02. The molecule has 2 rings (SSSR count). The Balaban J connectivity index is 2.18. The number of benzene rings is 1. The minimum Gasteiger partial charge on any atom is -0.429 e. The second-order valence-corrected chi connectivity index (χ2v) is 4.34. The van der Waals surface area contributed by atoms with Gasteiger partial charge in [0, 0.05) is 12.1 Å².